The average molecular weight is 1110 g/mol. The highest BCUT2D eigenvalue weighted by atomic mass is 31.2. The molecule has 0 fully saturated rings. The molecule has 3 unspecified atom stereocenters. The molecule has 0 aliphatic rings. The number of phosphoric ester groups is 1. The van der Waals surface area contributed by atoms with E-state index in [-0.39, 0.29) is 31.5 Å². The van der Waals surface area contributed by atoms with Crippen molar-refractivity contribution in [2.75, 3.05) is 40.9 Å². The van der Waals surface area contributed by atoms with Crippen LogP contribution in [0.1, 0.15) is 329 Å². The lowest BCUT2D eigenvalue weighted by atomic mass is 10.0. The summed E-state index contributed by atoms with van der Waals surface area (Å²) < 4.78 is 30.3. The number of allylic oxidation sites excluding steroid dienone is 5. The average Bonchev–Trinajstić information content (AvgIpc) is 3.39. The highest BCUT2D eigenvalue weighted by Crippen LogP contribution is 2.38. The number of carbonyl (C=O) groups excluding carboxylic acids is 2. The van der Waals surface area contributed by atoms with Gasteiger partial charge in [-0.2, -0.15) is 0 Å². The Morgan fingerprint density at radius 1 is 0.442 bits per heavy atom. The Balaban J connectivity index is 4.95. The smallest absolute Gasteiger partial charge is 0.306 e. The fraction of sp³-hybridized carbons (Fsp3) is 0.881. The maximum absolute atomic E-state index is 13.5. The fourth-order valence-corrected chi connectivity index (χ4v) is 10.6. The van der Waals surface area contributed by atoms with Crippen molar-refractivity contribution >= 4 is 19.7 Å². The summed E-state index contributed by atoms with van der Waals surface area (Å²) in [5.41, 5.74) is 0. The van der Waals surface area contributed by atoms with Gasteiger partial charge in [0.25, 0.3) is 7.82 Å². The van der Waals surface area contributed by atoms with Crippen LogP contribution in [-0.4, -0.2) is 69.4 Å². The molecule has 0 aromatic carbocycles. The van der Waals surface area contributed by atoms with Gasteiger partial charge in [-0.3, -0.25) is 14.2 Å². The van der Waals surface area contributed by atoms with Crippen molar-refractivity contribution in [1.82, 2.24) is 5.32 Å². The molecule has 1 amide bonds. The van der Waals surface area contributed by atoms with Gasteiger partial charge in [-0.25, -0.2) is 0 Å². The summed E-state index contributed by atoms with van der Waals surface area (Å²) >= 11 is 0. The number of rotatable bonds is 61. The lowest BCUT2D eigenvalue weighted by Gasteiger charge is -2.30. The molecule has 77 heavy (non-hydrogen) atoms. The number of phosphoric acid groups is 1. The van der Waals surface area contributed by atoms with E-state index in [0.29, 0.717) is 23.9 Å². The Hall–Kier alpha value is -1.77. The van der Waals surface area contributed by atoms with Gasteiger partial charge in [0.15, 0.2) is 0 Å². The first-order valence-electron chi connectivity index (χ1n) is 33.3. The van der Waals surface area contributed by atoms with E-state index >= 15 is 0 Å². The summed E-state index contributed by atoms with van der Waals surface area (Å²) in [6.45, 7) is 6.85. The van der Waals surface area contributed by atoms with Crippen LogP contribution in [0.4, 0.5) is 0 Å². The maximum atomic E-state index is 13.5. The van der Waals surface area contributed by atoms with Crippen molar-refractivity contribution in [3.63, 3.8) is 0 Å². The first-order valence-corrected chi connectivity index (χ1v) is 34.8. The van der Waals surface area contributed by atoms with Crippen LogP contribution in [0.3, 0.4) is 0 Å². The predicted molar refractivity (Wildman–Crippen MR) is 330 cm³/mol. The van der Waals surface area contributed by atoms with E-state index in [0.717, 1.165) is 64.2 Å². The van der Waals surface area contributed by atoms with Crippen LogP contribution < -0.4 is 10.2 Å². The zero-order valence-electron chi connectivity index (χ0n) is 51.9. The number of nitrogens with one attached hydrogen (secondary N) is 1. The summed E-state index contributed by atoms with van der Waals surface area (Å²) in [7, 11) is 1.19. The molecule has 0 radical (unpaired) electrons. The van der Waals surface area contributed by atoms with Crippen molar-refractivity contribution in [2.24, 2.45) is 0 Å². The second kappa shape index (κ2) is 57.5. The molecule has 10 heteroatoms. The van der Waals surface area contributed by atoms with E-state index in [1.54, 1.807) is 0 Å². The Morgan fingerprint density at radius 2 is 0.753 bits per heavy atom. The van der Waals surface area contributed by atoms with Gasteiger partial charge in [-0.15, -0.1) is 0 Å². The molecule has 0 aliphatic heterocycles. The van der Waals surface area contributed by atoms with Crippen LogP contribution in [0, 0.1) is 0 Å². The largest absolute Gasteiger partial charge is 0.756 e. The number of hydrogen-bond donors (Lipinski definition) is 1. The second-order valence-corrected chi connectivity index (χ2v) is 25.4. The standard InChI is InChI=1S/C67H129N2O7P/c1-7-10-13-16-19-22-25-27-28-29-30-31-32-33-34-35-36-37-38-39-40-42-44-47-50-53-56-59-66(70)68-64(63-75-77(72,73)74-62-61-69(4,5)6)65(58-55-52-49-46-43-24-21-18-15-12-9-3)76-67(71)60-57-54-51-48-45-41-26-23-20-17-14-11-8-2/h27-28,41,45,55,58,64-65H,7-26,29-40,42-44,46-54,56-57,59-63H2,1-6H3,(H-,68,70,72,73)/b28-27+,45-41-,58-55-. The Bertz CT molecular complexity index is 1410. The molecule has 0 bridgehead atoms. The molecule has 0 spiro atoms. The van der Waals surface area contributed by atoms with Gasteiger partial charge >= 0.3 is 5.97 Å². The van der Waals surface area contributed by atoms with Crippen molar-refractivity contribution in [3.8, 4) is 0 Å². The number of amides is 1. The number of nitrogens with zero attached hydrogens (tertiary/aromatic N) is 1. The van der Waals surface area contributed by atoms with Crippen molar-refractivity contribution in [1.29, 1.82) is 0 Å². The fourth-order valence-electron chi connectivity index (χ4n) is 9.87. The van der Waals surface area contributed by atoms with E-state index in [4.69, 9.17) is 13.8 Å². The third kappa shape index (κ3) is 58.7. The number of likely N-dealkylation sites (N-methyl/N-ethyl adjacent to an activating group) is 1. The van der Waals surface area contributed by atoms with Gasteiger partial charge in [0.1, 0.15) is 19.3 Å². The minimum absolute atomic E-state index is 0.0222. The van der Waals surface area contributed by atoms with Gasteiger partial charge in [-0.05, 0) is 83.1 Å². The topological polar surface area (TPSA) is 114 Å². The van der Waals surface area contributed by atoms with Crippen molar-refractivity contribution in [2.45, 2.75) is 341 Å². The Kier molecular flexibility index (Phi) is 56.1. The van der Waals surface area contributed by atoms with Crippen LogP contribution in [0.2, 0.25) is 0 Å². The van der Waals surface area contributed by atoms with E-state index in [2.05, 4.69) is 50.4 Å². The minimum Gasteiger partial charge on any atom is -0.756 e. The molecule has 0 heterocycles. The zero-order chi connectivity index (χ0) is 56.4. The molecular weight excluding hydrogens is 976 g/mol. The van der Waals surface area contributed by atoms with Gasteiger partial charge in [-0.1, -0.05) is 269 Å². The first-order chi connectivity index (χ1) is 37.4. The molecule has 3 atom stereocenters. The monoisotopic (exact) mass is 1100 g/mol. The molecule has 1 N–H and O–H groups in total. The quantitative estimate of drug-likeness (QED) is 0.0212. The summed E-state index contributed by atoms with van der Waals surface area (Å²) in [5, 5.41) is 3.03. The highest BCUT2D eigenvalue weighted by molar-refractivity contribution is 7.45. The molecule has 0 rings (SSSR count). The number of esters is 1. The van der Waals surface area contributed by atoms with E-state index in [1.807, 2.05) is 33.3 Å². The van der Waals surface area contributed by atoms with Crippen LogP contribution in [-0.2, 0) is 27.9 Å². The SMILES string of the molecule is CCCCCCCC/C=C\CCCCCC(=O)OC(/C=C\CCCCCCCCCCC)C(COP(=O)([O-])OCC[N+](C)(C)C)NC(=O)CCCCCCCCCCCCCCCCCCC/C=C/CCCCCCCC. The van der Waals surface area contributed by atoms with Crippen LogP contribution in [0.25, 0.3) is 0 Å². The van der Waals surface area contributed by atoms with E-state index in [9.17, 15) is 19.0 Å². The summed E-state index contributed by atoms with van der Waals surface area (Å²) in [6.07, 6.45) is 69.9. The van der Waals surface area contributed by atoms with Crippen LogP contribution in [0.15, 0.2) is 36.5 Å². The Morgan fingerprint density at radius 3 is 1.12 bits per heavy atom. The molecule has 0 aromatic rings. The van der Waals surface area contributed by atoms with Crippen molar-refractivity contribution < 1.29 is 37.3 Å². The first kappa shape index (κ1) is 75.2. The lowest BCUT2D eigenvalue weighted by molar-refractivity contribution is -0.870. The number of hydrogen-bond acceptors (Lipinski definition) is 7. The molecule has 0 aromatic heterocycles. The van der Waals surface area contributed by atoms with Gasteiger partial charge in [0, 0.05) is 12.8 Å². The van der Waals surface area contributed by atoms with Gasteiger partial charge in [0.2, 0.25) is 5.91 Å². The van der Waals surface area contributed by atoms with Gasteiger partial charge < -0.3 is 28.5 Å². The van der Waals surface area contributed by atoms with Gasteiger partial charge in [0.05, 0.1) is 33.8 Å². The number of ether oxygens (including phenoxy) is 1. The zero-order valence-corrected chi connectivity index (χ0v) is 52.8. The normalized spacial score (nSPS) is 13.8. The van der Waals surface area contributed by atoms with Crippen LogP contribution in [0.5, 0.6) is 0 Å². The number of carbonyl (C=O) groups is 2. The molecule has 0 saturated heterocycles. The van der Waals surface area contributed by atoms with Crippen LogP contribution >= 0.6 is 7.82 Å². The van der Waals surface area contributed by atoms with E-state index < -0.39 is 20.0 Å². The lowest BCUT2D eigenvalue weighted by Crippen LogP contribution is -2.47. The molecule has 0 saturated carbocycles. The number of quaternary nitrogens is 1. The minimum atomic E-state index is -4.70. The molecule has 454 valence electrons. The van der Waals surface area contributed by atoms with Crippen molar-refractivity contribution in [3.05, 3.63) is 36.5 Å². The third-order valence-corrected chi connectivity index (χ3v) is 16.0. The summed E-state index contributed by atoms with van der Waals surface area (Å²) in [6, 6.07) is -0.890. The predicted octanol–water partition coefficient (Wildman–Crippen LogP) is 20.0. The molecular formula is C67H129N2O7P. The highest BCUT2D eigenvalue weighted by Gasteiger charge is 2.27. The summed E-state index contributed by atoms with van der Waals surface area (Å²) in [5.74, 6) is -0.547. The van der Waals surface area contributed by atoms with E-state index in [1.165, 1.54) is 225 Å². The maximum Gasteiger partial charge on any atom is 0.306 e. The Labute approximate surface area is 478 Å². The number of unbranched alkanes of at least 4 members (excludes halogenated alkanes) is 41. The third-order valence-electron chi connectivity index (χ3n) is 15.0. The summed E-state index contributed by atoms with van der Waals surface area (Å²) in [4.78, 5) is 40.0. The second-order valence-electron chi connectivity index (χ2n) is 24.0. The molecule has 9 nitrogen and oxygen atoms in total. The molecule has 0 aliphatic carbocycles.